The molecule has 8 nitrogen and oxygen atoms in total. The van der Waals surface area contributed by atoms with E-state index in [0.717, 1.165) is 62.6 Å². The average Bonchev–Trinajstić information content (AvgIpc) is 2.86. The molecule has 1 fully saturated rings. The Morgan fingerprint density at radius 1 is 1.21 bits per heavy atom. The molecule has 3 heterocycles. The molecule has 2 aliphatic rings. The van der Waals surface area contributed by atoms with E-state index in [0.29, 0.717) is 13.2 Å². The Hall–Kier alpha value is -1.64. The van der Waals surface area contributed by atoms with E-state index in [4.69, 9.17) is 9.47 Å². The van der Waals surface area contributed by atoms with Crippen LogP contribution in [0.15, 0.2) is 30.6 Å². The maximum absolute atomic E-state index is 12.4. The first-order valence-electron chi connectivity index (χ1n) is 12.0. The standard InChI is InChI=1S/C24H37N4O4PS/c1-3-18-13-25-24(26-14-18)27-9-7-21(8-10-27)32-23(16-29)17-31-22-5-4-20-15-28(34(2,30)33)11-6-19(20)12-22/h4-5,12-14,21,23,29,34H,3,6-11,15-17,33H2,1-2H3. The molecule has 0 radical (unpaired) electrons. The number of rotatable bonds is 9. The molecule has 1 aromatic carbocycles. The van der Waals surface area contributed by atoms with Gasteiger partial charge in [0.15, 0.2) is 0 Å². The first-order valence-corrected chi connectivity index (χ1v) is 15.8. The van der Waals surface area contributed by atoms with E-state index in [1.807, 2.05) is 22.8 Å². The summed E-state index contributed by atoms with van der Waals surface area (Å²) < 4.78 is 26.5. The molecule has 0 saturated carbocycles. The fourth-order valence-corrected chi connectivity index (χ4v) is 5.95. The third kappa shape index (κ3) is 6.52. The highest BCUT2D eigenvalue weighted by molar-refractivity contribution is 8.43. The van der Waals surface area contributed by atoms with Crippen LogP contribution in [-0.4, -0.2) is 74.9 Å². The molecular formula is C24H37N4O4PS. The molecule has 4 rings (SSSR count). The van der Waals surface area contributed by atoms with Gasteiger partial charge in [-0.05, 0) is 64.2 Å². The summed E-state index contributed by atoms with van der Waals surface area (Å²) in [5, 5.41) is 9.84. The summed E-state index contributed by atoms with van der Waals surface area (Å²) in [6, 6.07) is 6.06. The quantitative estimate of drug-likeness (QED) is 0.397. The number of aromatic nitrogens is 2. The predicted octanol–water partition coefficient (Wildman–Crippen LogP) is 2.17. The Morgan fingerprint density at radius 3 is 2.59 bits per heavy atom. The smallest absolute Gasteiger partial charge is 0.225 e. The molecule has 0 amide bonds. The third-order valence-corrected chi connectivity index (χ3v) is 9.03. The number of thiol groups is 1. The number of fused-ring (bicyclic) bond motifs is 1. The number of anilines is 1. The van der Waals surface area contributed by atoms with Gasteiger partial charge in [0.2, 0.25) is 5.95 Å². The highest BCUT2D eigenvalue weighted by Crippen LogP contribution is 2.29. The number of aryl methyl sites for hydroxylation is 1. The van der Waals surface area contributed by atoms with Gasteiger partial charge in [0.05, 0.1) is 12.7 Å². The molecule has 0 aliphatic carbocycles. The summed E-state index contributed by atoms with van der Waals surface area (Å²) in [6.45, 7) is 5.46. The molecular weight excluding hydrogens is 471 g/mol. The molecule has 2 atom stereocenters. The third-order valence-electron chi connectivity index (χ3n) is 6.58. The molecule has 1 N–H and O–H groups in total. The minimum absolute atomic E-state index is 0.0816. The van der Waals surface area contributed by atoms with Crippen LogP contribution in [0, 0.1) is 0 Å². The van der Waals surface area contributed by atoms with Crippen LogP contribution in [0.25, 0.3) is 0 Å². The van der Waals surface area contributed by atoms with Crippen LogP contribution < -0.4 is 9.64 Å². The van der Waals surface area contributed by atoms with Gasteiger partial charge < -0.3 is 19.5 Å². The van der Waals surface area contributed by atoms with Crippen LogP contribution in [-0.2, 0) is 33.9 Å². The van der Waals surface area contributed by atoms with E-state index in [2.05, 4.69) is 42.4 Å². The highest BCUT2D eigenvalue weighted by Gasteiger charge is 2.25. The number of ether oxygens (including phenoxy) is 2. The minimum atomic E-state index is -2.32. The second kappa shape index (κ2) is 11.4. The second-order valence-electron chi connectivity index (χ2n) is 9.19. The van der Waals surface area contributed by atoms with E-state index in [1.54, 1.807) is 6.26 Å². The zero-order chi connectivity index (χ0) is 24.1. The zero-order valence-electron chi connectivity index (χ0n) is 20.1. The highest BCUT2D eigenvalue weighted by atomic mass is 32.8. The maximum Gasteiger partial charge on any atom is 0.225 e. The summed E-state index contributed by atoms with van der Waals surface area (Å²) in [6.07, 6.45) is 8.80. The SMILES string of the molecule is CCc1cnc(N2CCC(OC(CO)COc3ccc4c(c3)CCN([SH](C)(=O)P)C4)CC2)nc1. The Kier molecular flexibility index (Phi) is 8.53. The number of piperidine rings is 1. The summed E-state index contributed by atoms with van der Waals surface area (Å²) >= 11 is 0. The van der Waals surface area contributed by atoms with Gasteiger partial charge >= 0.3 is 0 Å². The zero-order valence-corrected chi connectivity index (χ0v) is 22.1. The lowest BCUT2D eigenvalue weighted by Crippen LogP contribution is -2.41. The Labute approximate surface area is 205 Å². The van der Waals surface area contributed by atoms with Crippen molar-refractivity contribution in [2.24, 2.45) is 0 Å². The summed E-state index contributed by atoms with van der Waals surface area (Å²) in [4.78, 5) is 11.1. The van der Waals surface area contributed by atoms with Gasteiger partial charge in [0.1, 0.15) is 18.5 Å². The van der Waals surface area contributed by atoms with Crippen LogP contribution in [0.5, 0.6) is 5.75 Å². The van der Waals surface area contributed by atoms with Crippen LogP contribution in [0.4, 0.5) is 5.95 Å². The van der Waals surface area contributed by atoms with Crippen LogP contribution in [0.2, 0.25) is 0 Å². The lowest BCUT2D eigenvalue weighted by Gasteiger charge is -2.35. The number of hydrogen-bond acceptors (Lipinski definition) is 7. The van der Waals surface area contributed by atoms with Gasteiger partial charge in [-0.1, -0.05) is 21.4 Å². The van der Waals surface area contributed by atoms with Crippen molar-refractivity contribution >= 4 is 24.1 Å². The van der Waals surface area contributed by atoms with Crippen molar-refractivity contribution in [2.45, 2.75) is 51.4 Å². The number of aliphatic hydroxyl groups excluding tert-OH is 1. The van der Waals surface area contributed by atoms with Gasteiger partial charge in [-0.3, -0.25) is 4.21 Å². The van der Waals surface area contributed by atoms with Gasteiger partial charge in [-0.2, -0.15) is 0 Å². The molecule has 2 unspecified atom stereocenters. The van der Waals surface area contributed by atoms with Gasteiger partial charge in [-0.25, -0.2) is 14.3 Å². The molecule has 0 spiro atoms. The predicted molar refractivity (Wildman–Crippen MR) is 140 cm³/mol. The molecule has 1 saturated heterocycles. The summed E-state index contributed by atoms with van der Waals surface area (Å²) in [5.74, 6) is 1.55. The normalized spacial score (nSPS) is 19.0. The van der Waals surface area contributed by atoms with Crippen molar-refractivity contribution in [1.82, 2.24) is 14.3 Å². The van der Waals surface area contributed by atoms with Crippen molar-refractivity contribution in [3.05, 3.63) is 47.3 Å². The molecule has 2 aromatic rings. The van der Waals surface area contributed by atoms with Gasteiger partial charge in [-0.15, -0.1) is 0 Å². The molecule has 34 heavy (non-hydrogen) atoms. The lowest BCUT2D eigenvalue weighted by molar-refractivity contribution is -0.0657. The van der Waals surface area contributed by atoms with Crippen molar-refractivity contribution in [1.29, 1.82) is 0 Å². The minimum Gasteiger partial charge on any atom is -0.491 e. The van der Waals surface area contributed by atoms with Crippen molar-refractivity contribution in [2.75, 3.05) is 44.0 Å². The van der Waals surface area contributed by atoms with Crippen LogP contribution >= 0.6 is 8.44 Å². The average molecular weight is 509 g/mol. The fraction of sp³-hybridized carbons (Fsp3) is 0.583. The fourth-order valence-electron chi connectivity index (χ4n) is 4.43. The van der Waals surface area contributed by atoms with E-state index < -0.39 is 9.74 Å². The Morgan fingerprint density at radius 2 is 1.94 bits per heavy atom. The van der Waals surface area contributed by atoms with E-state index in [-0.39, 0.29) is 18.8 Å². The van der Waals surface area contributed by atoms with Crippen LogP contribution in [0.1, 0.15) is 36.5 Å². The molecule has 2 aliphatic heterocycles. The summed E-state index contributed by atoms with van der Waals surface area (Å²) in [5.41, 5.74) is 3.56. The van der Waals surface area contributed by atoms with E-state index in [9.17, 15) is 9.32 Å². The first-order chi connectivity index (χ1) is 16.4. The van der Waals surface area contributed by atoms with Gasteiger partial charge in [0, 0.05) is 44.8 Å². The number of hydrogen-bond donors (Lipinski definition) is 2. The Bertz CT molecular complexity index is 995. The molecule has 10 heteroatoms. The monoisotopic (exact) mass is 508 g/mol. The lowest BCUT2D eigenvalue weighted by atomic mass is 10.0. The number of aliphatic hydroxyl groups is 1. The molecule has 188 valence electrons. The van der Waals surface area contributed by atoms with Gasteiger partial charge in [0.25, 0.3) is 0 Å². The van der Waals surface area contributed by atoms with E-state index >= 15 is 0 Å². The maximum atomic E-state index is 12.4. The molecule has 0 bridgehead atoms. The van der Waals surface area contributed by atoms with Crippen molar-refractivity contribution in [3.63, 3.8) is 0 Å². The van der Waals surface area contributed by atoms with Crippen molar-refractivity contribution in [3.8, 4) is 5.75 Å². The summed E-state index contributed by atoms with van der Waals surface area (Å²) in [7, 11) is 0.175. The topological polar surface area (TPSA) is 88.0 Å². The Balaban J connectivity index is 1.25. The van der Waals surface area contributed by atoms with Crippen LogP contribution in [0.3, 0.4) is 0 Å². The van der Waals surface area contributed by atoms with Crippen molar-refractivity contribution < 1.29 is 18.8 Å². The number of nitrogens with zero attached hydrogens (tertiary/aromatic N) is 4. The first kappa shape index (κ1) is 25.5. The number of benzene rings is 1. The molecule has 1 aromatic heterocycles. The van der Waals surface area contributed by atoms with E-state index in [1.165, 1.54) is 11.1 Å². The largest absolute Gasteiger partial charge is 0.491 e. The second-order valence-corrected chi connectivity index (χ2v) is 14.5.